The predicted octanol–water partition coefficient (Wildman–Crippen LogP) is 2.88. The highest BCUT2D eigenvalue weighted by atomic mass is 127. The summed E-state index contributed by atoms with van der Waals surface area (Å²) in [6.45, 7) is 14.2. The van der Waals surface area contributed by atoms with Crippen molar-refractivity contribution in [1.82, 2.24) is 20.3 Å². The van der Waals surface area contributed by atoms with Crippen molar-refractivity contribution in [3.8, 4) is 0 Å². The lowest BCUT2D eigenvalue weighted by Crippen LogP contribution is -2.45. The van der Waals surface area contributed by atoms with Crippen LogP contribution in [0.4, 0.5) is 0 Å². The van der Waals surface area contributed by atoms with Gasteiger partial charge in [0.05, 0.1) is 4.90 Å². The van der Waals surface area contributed by atoms with Crippen molar-refractivity contribution in [2.75, 3.05) is 39.8 Å². The van der Waals surface area contributed by atoms with Crippen molar-refractivity contribution in [1.29, 1.82) is 0 Å². The number of hydrogen-bond acceptors (Lipinski definition) is 4. The molecule has 0 aliphatic carbocycles. The van der Waals surface area contributed by atoms with Gasteiger partial charge in [-0.3, -0.25) is 4.99 Å². The fourth-order valence-corrected chi connectivity index (χ4v) is 4.46. The lowest BCUT2D eigenvalue weighted by molar-refractivity contribution is 0.292. The zero-order chi connectivity index (χ0) is 21.9. The second-order valence-electron chi connectivity index (χ2n) is 7.38. The molecule has 0 amide bonds. The average molecular weight is 554 g/mol. The molecule has 0 aliphatic rings. The molecule has 0 aliphatic heterocycles. The molecule has 1 unspecified atom stereocenters. The number of guanidine groups is 1. The predicted molar refractivity (Wildman–Crippen MR) is 138 cm³/mol. The zero-order valence-electron chi connectivity index (χ0n) is 19.3. The second-order valence-corrected chi connectivity index (χ2v) is 9.12. The maximum absolute atomic E-state index is 12.5. The van der Waals surface area contributed by atoms with E-state index < -0.39 is 10.0 Å². The van der Waals surface area contributed by atoms with Gasteiger partial charge >= 0.3 is 0 Å². The Kier molecular flexibility index (Phi) is 14.5. The molecule has 0 saturated heterocycles. The molecule has 1 aromatic carbocycles. The largest absolute Gasteiger partial charge is 0.355 e. The van der Waals surface area contributed by atoms with Gasteiger partial charge in [0.1, 0.15) is 0 Å². The van der Waals surface area contributed by atoms with Gasteiger partial charge in [-0.15, -0.1) is 24.0 Å². The van der Waals surface area contributed by atoms with Gasteiger partial charge in [-0.1, -0.05) is 26.0 Å². The summed E-state index contributed by atoms with van der Waals surface area (Å²) in [5.41, 5.74) is 1.67. The van der Waals surface area contributed by atoms with Crippen LogP contribution in [0.15, 0.2) is 28.1 Å². The van der Waals surface area contributed by atoms with Crippen LogP contribution in [0.25, 0.3) is 0 Å². The Balaban J connectivity index is 0.00000841. The Hall–Kier alpha value is -0.910. The van der Waals surface area contributed by atoms with Crippen molar-refractivity contribution >= 4 is 40.0 Å². The van der Waals surface area contributed by atoms with Crippen LogP contribution < -0.4 is 15.4 Å². The Morgan fingerprint density at radius 3 is 2.43 bits per heavy atom. The number of nitrogens with zero attached hydrogens (tertiary/aromatic N) is 2. The number of aryl methyl sites for hydroxylation is 2. The van der Waals surface area contributed by atoms with E-state index in [0.29, 0.717) is 23.4 Å². The Morgan fingerprint density at radius 1 is 1.17 bits per heavy atom. The van der Waals surface area contributed by atoms with Crippen LogP contribution in [0.5, 0.6) is 0 Å². The molecule has 0 spiro atoms. The van der Waals surface area contributed by atoms with Gasteiger partial charge in [-0.05, 0) is 70.4 Å². The fraction of sp³-hybridized carbons (Fsp3) is 0.667. The number of aliphatic imine (C=N–C) groups is 1. The maximum Gasteiger partial charge on any atom is 0.240 e. The van der Waals surface area contributed by atoms with Crippen molar-refractivity contribution in [2.45, 2.75) is 58.4 Å². The van der Waals surface area contributed by atoms with Gasteiger partial charge < -0.3 is 15.5 Å². The standard InChI is InChI=1S/C21H39N5O2S.HI/c1-7-26(8-2)15-9-10-19(5)25-21(22-6)23-13-14-24-29(27,28)20-16-17(3)11-12-18(20)4;/h11-12,16,19,24H,7-10,13-15H2,1-6H3,(H2,22,23,25);1H. The van der Waals surface area contributed by atoms with Crippen LogP contribution in [0.2, 0.25) is 0 Å². The van der Waals surface area contributed by atoms with Crippen LogP contribution in [-0.4, -0.2) is 65.1 Å². The molecule has 1 rings (SSSR count). The van der Waals surface area contributed by atoms with E-state index in [9.17, 15) is 8.42 Å². The summed E-state index contributed by atoms with van der Waals surface area (Å²) in [6, 6.07) is 5.74. The zero-order valence-corrected chi connectivity index (χ0v) is 22.4. The molecular formula is C21H40IN5O2S. The summed E-state index contributed by atoms with van der Waals surface area (Å²) in [4.78, 5) is 6.98. The molecule has 9 heteroatoms. The van der Waals surface area contributed by atoms with Crippen molar-refractivity contribution in [3.63, 3.8) is 0 Å². The van der Waals surface area contributed by atoms with Crippen LogP contribution >= 0.6 is 24.0 Å². The maximum atomic E-state index is 12.5. The SMILES string of the molecule is CCN(CC)CCCC(C)NC(=NC)NCCNS(=O)(=O)c1cc(C)ccc1C.I. The highest BCUT2D eigenvalue weighted by Gasteiger charge is 2.16. The van der Waals surface area contributed by atoms with Gasteiger partial charge in [-0.25, -0.2) is 13.1 Å². The number of sulfonamides is 1. The van der Waals surface area contributed by atoms with Gasteiger partial charge in [0.2, 0.25) is 10.0 Å². The monoisotopic (exact) mass is 553 g/mol. The number of nitrogens with one attached hydrogen (secondary N) is 3. The first-order valence-electron chi connectivity index (χ1n) is 10.5. The summed E-state index contributed by atoms with van der Waals surface area (Å²) >= 11 is 0. The highest BCUT2D eigenvalue weighted by Crippen LogP contribution is 2.16. The fourth-order valence-electron chi connectivity index (χ4n) is 3.10. The van der Waals surface area contributed by atoms with E-state index in [0.717, 1.165) is 43.6 Å². The van der Waals surface area contributed by atoms with E-state index in [4.69, 9.17) is 0 Å². The van der Waals surface area contributed by atoms with Crippen molar-refractivity contribution in [3.05, 3.63) is 29.3 Å². The molecule has 0 saturated carbocycles. The van der Waals surface area contributed by atoms with Crippen LogP contribution in [0, 0.1) is 13.8 Å². The summed E-state index contributed by atoms with van der Waals surface area (Å²) in [7, 11) is -1.80. The van der Waals surface area contributed by atoms with Crippen molar-refractivity contribution < 1.29 is 8.42 Å². The van der Waals surface area contributed by atoms with Gasteiger partial charge in [-0.2, -0.15) is 0 Å². The Labute approximate surface area is 200 Å². The normalized spacial score (nSPS) is 13.1. The lowest BCUT2D eigenvalue weighted by Gasteiger charge is -2.21. The highest BCUT2D eigenvalue weighted by molar-refractivity contribution is 14.0. The van der Waals surface area contributed by atoms with Crippen molar-refractivity contribution in [2.24, 2.45) is 4.99 Å². The summed E-state index contributed by atoms with van der Waals surface area (Å²) < 4.78 is 27.7. The molecule has 0 bridgehead atoms. The van der Waals surface area contributed by atoms with E-state index in [1.54, 1.807) is 20.0 Å². The summed E-state index contributed by atoms with van der Waals surface area (Å²) in [5, 5.41) is 6.54. The second kappa shape index (κ2) is 15.0. The van der Waals surface area contributed by atoms with Gasteiger partial charge in [0.15, 0.2) is 5.96 Å². The molecule has 30 heavy (non-hydrogen) atoms. The van der Waals surface area contributed by atoms with E-state index in [-0.39, 0.29) is 30.5 Å². The van der Waals surface area contributed by atoms with Crippen LogP contribution in [0.1, 0.15) is 44.7 Å². The molecule has 1 atom stereocenters. The lowest BCUT2D eigenvalue weighted by atomic mass is 10.2. The molecule has 0 heterocycles. The molecule has 0 aromatic heterocycles. The molecule has 3 N–H and O–H groups in total. The third-order valence-electron chi connectivity index (χ3n) is 4.96. The first-order valence-corrected chi connectivity index (χ1v) is 12.0. The molecular weight excluding hydrogens is 513 g/mol. The molecule has 174 valence electrons. The molecule has 0 fully saturated rings. The van der Waals surface area contributed by atoms with Gasteiger partial charge in [0.25, 0.3) is 0 Å². The molecule has 7 nitrogen and oxygen atoms in total. The number of hydrogen-bond donors (Lipinski definition) is 3. The third kappa shape index (κ3) is 10.4. The minimum atomic E-state index is -3.52. The van der Waals surface area contributed by atoms with Crippen LogP contribution in [-0.2, 0) is 10.0 Å². The molecule has 1 aromatic rings. The number of halogens is 1. The summed E-state index contributed by atoms with van der Waals surface area (Å²) in [5.74, 6) is 0.686. The van der Waals surface area contributed by atoms with Gasteiger partial charge in [0, 0.05) is 26.2 Å². The summed E-state index contributed by atoms with van der Waals surface area (Å²) in [6.07, 6.45) is 2.18. The number of benzene rings is 1. The first kappa shape index (κ1) is 29.1. The van der Waals surface area contributed by atoms with E-state index in [2.05, 4.69) is 46.0 Å². The van der Waals surface area contributed by atoms with E-state index >= 15 is 0 Å². The average Bonchev–Trinajstić information content (AvgIpc) is 2.69. The van der Waals surface area contributed by atoms with E-state index in [1.165, 1.54) is 0 Å². The minimum absolute atomic E-state index is 0. The topological polar surface area (TPSA) is 85.8 Å². The Bertz CT molecular complexity index is 752. The number of rotatable bonds is 12. The molecule has 0 radical (unpaired) electrons. The van der Waals surface area contributed by atoms with E-state index in [1.807, 2.05) is 19.1 Å². The minimum Gasteiger partial charge on any atom is -0.355 e. The first-order chi connectivity index (χ1) is 13.7. The quantitative estimate of drug-likeness (QED) is 0.161. The third-order valence-corrected chi connectivity index (χ3v) is 6.56. The van der Waals surface area contributed by atoms with Crippen LogP contribution in [0.3, 0.4) is 0 Å². The Morgan fingerprint density at radius 2 is 1.83 bits per heavy atom. The smallest absolute Gasteiger partial charge is 0.240 e.